The Bertz CT molecular complexity index is 483. The Labute approximate surface area is 126 Å². The maximum atomic E-state index is 9.61. The molecule has 0 radical (unpaired) electrons. The van der Waals surface area contributed by atoms with E-state index < -0.39 is 0 Å². The number of halogens is 1. The lowest BCUT2D eigenvalue weighted by molar-refractivity contribution is 0.0569. The van der Waals surface area contributed by atoms with E-state index in [-0.39, 0.29) is 6.04 Å². The molecular weight excluding hydrogens is 270 g/mol. The topological polar surface area (TPSA) is 30.3 Å². The smallest absolute Gasteiger partial charge is 0.124 e. The number of likely N-dealkylation sites (N-methyl/N-ethyl adjacent to an activating group) is 1. The summed E-state index contributed by atoms with van der Waals surface area (Å²) >= 11 is 6.06. The molecule has 2 unspecified atom stereocenters. The van der Waals surface area contributed by atoms with Crippen molar-refractivity contribution in [3.8, 4) is 6.07 Å². The van der Waals surface area contributed by atoms with Crippen LogP contribution in [0.4, 0.5) is 0 Å². The highest BCUT2D eigenvalue weighted by molar-refractivity contribution is 6.30. The van der Waals surface area contributed by atoms with Gasteiger partial charge in [-0.1, -0.05) is 37.6 Å². The quantitative estimate of drug-likeness (QED) is 0.852. The van der Waals surface area contributed by atoms with E-state index in [2.05, 4.69) is 29.7 Å². The van der Waals surface area contributed by atoms with Gasteiger partial charge in [0.1, 0.15) is 6.04 Å². The van der Waals surface area contributed by atoms with Gasteiger partial charge in [-0.2, -0.15) is 5.26 Å². The zero-order valence-corrected chi connectivity index (χ0v) is 13.0. The van der Waals surface area contributed by atoms with Gasteiger partial charge in [0.05, 0.1) is 6.07 Å². The molecule has 0 spiro atoms. The highest BCUT2D eigenvalue weighted by Gasteiger charge is 2.31. The van der Waals surface area contributed by atoms with Crippen LogP contribution in [0.5, 0.6) is 0 Å². The Hall–Kier alpha value is -1.08. The highest BCUT2D eigenvalue weighted by Crippen LogP contribution is 2.27. The van der Waals surface area contributed by atoms with Gasteiger partial charge in [-0.3, -0.25) is 4.90 Å². The number of piperazine rings is 1. The maximum absolute atomic E-state index is 9.61. The first kappa shape index (κ1) is 15.3. The Morgan fingerprint density at radius 3 is 2.80 bits per heavy atom. The van der Waals surface area contributed by atoms with Crippen LogP contribution in [-0.4, -0.2) is 42.0 Å². The van der Waals surface area contributed by atoms with Crippen LogP contribution in [0.1, 0.15) is 31.9 Å². The van der Waals surface area contributed by atoms with Crippen LogP contribution in [0, 0.1) is 11.3 Å². The standard InChI is InChI=1S/C16H22ClN3/c1-3-15-12-19(4-2)8-9-20(15)16(11-18)13-6-5-7-14(17)10-13/h5-7,10,15-16H,3-4,8-9,12H2,1-2H3. The average Bonchev–Trinajstić information content (AvgIpc) is 2.48. The first-order valence-electron chi connectivity index (χ1n) is 7.32. The van der Waals surface area contributed by atoms with Gasteiger partial charge in [-0.25, -0.2) is 0 Å². The summed E-state index contributed by atoms with van der Waals surface area (Å²) in [6.07, 6.45) is 1.06. The van der Waals surface area contributed by atoms with Gasteiger partial charge in [0, 0.05) is 30.7 Å². The second-order valence-corrected chi connectivity index (χ2v) is 5.72. The molecule has 0 saturated carbocycles. The molecule has 0 amide bonds. The van der Waals surface area contributed by atoms with E-state index in [1.807, 2.05) is 24.3 Å². The fourth-order valence-corrected chi connectivity index (χ4v) is 3.14. The summed E-state index contributed by atoms with van der Waals surface area (Å²) in [5.41, 5.74) is 1.00. The molecule has 1 aliphatic rings. The van der Waals surface area contributed by atoms with E-state index in [0.717, 1.165) is 38.2 Å². The van der Waals surface area contributed by atoms with E-state index in [9.17, 15) is 5.26 Å². The number of nitriles is 1. The molecule has 20 heavy (non-hydrogen) atoms. The summed E-state index contributed by atoms with van der Waals surface area (Å²) in [7, 11) is 0. The van der Waals surface area contributed by atoms with Crippen LogP contribution in [-0.2, 0) is 0 Å². The van der Waals surface area contributed by atoms with Crippen LogP contribution < -0.4 is 0 Å². The molecule has 0 aliphatic carbocycles. The third kappa shape index (κ3) is 3.32. The molecule has 0 bridgehead atoms. The number of benzene rings is 1. The molecule has 1 aromatic carbocycles. The second-order valence-electron chi connectivity index (χ2n) is 5.28. The molecule has 1 heterocycles. The van der Waals surface area contributed by atoms with Crippen LogP contribution >= 0.6 is 11.6 Å². The second kappa shape index (κ2) is 7.08. The van der Waals surface area contributed by atoms with Crippen molar-refractivity contribution in [1.82, 2.24) is 9.80 Å². The van der Waals surface area contributed by atoms with Crippen LogP contribution in [0.2, 0.25) is 5.02 Å². The van der Waals surface area contributed by atoms with Crippen molar-refractivity contribution in [2.75, 3.05) is 26.2 Å². The molecule has 2 atom stereocenters. The predicted molar refractivity (Wildman–Crippen MR) is 82.7 cm³/mol. The summed E-state index contributed by atoms with van der Waals surface area (Å²) in [6.45, 7) is 8.50. The third-order valence-corrected chi connectivity index (χ3v) is 4.38. The fraction of sp³-hybridized carbons (Fsp3) is 0.562. The lowest BCUT2D eigenvalue weighted by Crippen LogP contribution is -2.53. The molecule has 1 aromatic rings. The molecule has 1 fully saturated rings. The Kier molecular flexibility index (Phi) is 5.42. The van der Waals surface area contributed by atoms with Crippen molar-refractivity contribution >= 4 is 11.6 Å². The van der Waals surface area contributed by atoms with Crippen LogP contribution in [0.15, 0.2) is 24.3 Å². The molecular formula is C16H22ClN3. The van der Waals surface area contributed by atoms with Gasteiger partial charge >= 0.3 is 0 Å². The number of nitrogens with zero attached hydrogens (tertiary/aromatic N) is 3. The largest absolute Gasteiger partial charge is 0.301 e. The highest BCUT2D eigenvalue weighted by atomic mass is 35.5. The van der Waals surface area contributed by atoms with Crippen molar-refractivity contribution in [3.63, 3.8) is 0 Å². The van der Waals surface area contributed by atoms with Crippen molar-refractivity contribution < 1.29 is 0 Å². The van der Waals surface area contributed by atoms with E-state index >= 15 is 0 Å². The molecule has 0 N–H and O–H groups in total. The SMILES string of the molecule is CCC1CN(CC)CCN1C(C#N)c1cccc(Cl)c1. The molecule has 1 aliphatic heterocycles. The van der Waals surface area contributed by atoms with Crippen LogP contribution in [0.3, 0.4) is 0 Å². The fourth-order valence-electron chi connectivity index (χ4n) is 2.94. The van der Waals surface area contributed by atoms with E-state index in [1.54, 1.807) is 0 Å². The van der Waals surface area contributed by atoms with E-state index in [1.165, 1.54) is 0 Å². The molecule has 3 nitrogen and oxygen atoms in total. The van der Waals surface area contributed by atoms with Crippen molar-refractivity contribution in [3.05, 3.63) is 34.9 Å². The summed E-state index contributed by atoms with van der Waals surface area (Å²) in [6, 6.07) is 10.4. The molecule has 4 heteroatoms. The minimum absolute atomic E-state index is 0.197. The van der Waals surface area contributed by atoms with Crippen molar-refractivity contribution in [2.45, 2.75) is 32.4 Å². The van der Waals surface area contributed by atoms with Crippen molar-refractivity contribution in [2.24, 2.45) is 0 Å². The maximum Gasteiger partial charge on any atom is 0.124 e. The molecule has 2 rings (SSSR count). The van der Waals surface area contributed by atoms with Crippen molar-refractivity contribution in [1.29, 1.82) is 5.26 Å². The Morgan fingerprint density at radius 2 is 2.20 bits per heavy atom. The van der Waals surface area contributed by atoms with Gasteiger partial charge < -0.3 is 4.90 Å². The summed E-state index contributed by atoms with van der Waals surface area (Å²) in [5, 5.41) is 10.3. The zero-order chi connectivity index (χ0) is 14.5. The van der Waals surface area contributed by atoms with Gasteiger partial charge in [-0.15, -0.1) is 0 Å². The lowest BCUT2D eigenvalue weighted by Gasteiger charge is -2.43. The lowest BCUT2D eigenvalue weighted by atomic mass is 10.0. The summed E-state index contributed by atoms with van der Waals surface area (Å²) in [5.74, 6) is 0. The zero-order valence-electron chi connectivity index (χ0n) is 12.2. The van der Waals surface area contributed by atoms with E-state index in [4.69, 9.17) is 11.6 Å². The average molecular weight is 292 g/mol. The minimum Gasteiger partial charge on any atom is -0.301 e. The number of hydrogen-bond donors (Lipinski definition) is 0. The van der Waals surface area contributed by atoms with E-state index in [0.29, 0.717) is 11.1 Å². The van der Waals surface area contributed by atoms with Crippen LogP contribution in [0.25, 0.3) is 0 Å². The third-order valence-electron chi connectivity index (χ3n) is 4.15. The summed E-state index contributed by atoms with van der Waals surface area (Å²) < 4.78 is 0. The van der Waals surface area contributed by atoms with Gasteiger partial charge in [0.15, 0.2) is 0 Å². The predicted octanol–water partition coefficient (Wildman–Crippen LogP) is 3.32. The molecule has 108 valence electrons. The normalized spacial score (nSPS) is 22.4. The van der Waals surface area contributed by atoms with Gasteiger partial charge in [0.25, 0.3) is 0 Å². The molecule has 0 aromatic heterocycles. The Balaban J connectivity index is 2.21. The first-order valence-corrected chi connectivity index (χ1v) is 7.70. The summed E-state index contributed by atoms with van der Waals surface area (Å²) in [4.78, 5) is 4.79. The number of rotatable bonds is 4. The monoisotopic (exact) mass is 291 g/mol. The van der Waals surface area contributed by atoms with Gasteiger partial charge in [-0.05, 0) is 30.7 Å². The minimum atomic E-state index is -0.197. The Morgan fingerprint density at radius 1 is 1.40 bits per heavy atom. The first-order chi connectivity index (χ1) is 9.69. The molecule has 1 saturated heterocycles. The number of hydrogen-bond acceptors (Lipinski definition) is 3. The van der Waals surface area contributed by atoms with Gasteiger partial charge in [0.2, 0.25) is 0 Å².